The second-order valence-corrected chi connectivity index (χ2v) is 8.63. The van der Waals surface area contributed by atoms with Gasteiger partial charge in [-0.1, -0.05) is 42.1 Å². The van der Waals surface area contributed by atoms with Crippen molar-refractivity contribution in [3.8, 4) is 0 Å². The van der Waals surface area contributed by atoms with Crippen LogP contribution in [0, 0.1) is 0 Å². The second-order valence-electron chi connectivity index (χ2n) is 7.56. The molecule has 1 unspecified atom stereocenters. The maximum atomic E-state index is 13.3. The molecule has 2 aliphatic carbocycles. The van der Waals surface area contributed by atoms with Crippen molar-refractivity contribution >= 4 is 17.7 Å². The highest BCUT2D eigenvalue weighted by atomic mass is 32.2. The summed E-state index contributed by atoms with van der Waals surface area (Å²) in [6.45, 7) is 2.54. The number of benzene rings is 1. The van der Waals surface area contributed by atoms with Gasteiger partial charge in [-0.2, -0.15) is 0 Å². The summed E-state index contributed by atoms with van der Waals surface area (Å²) in [5, 5.41) is 9.62. The Kier molecular flexibility index (Phi) is 4.65. The minimum atomic E-state index is -0.293. The number of morpholine rings is 1. The zero-order chi connectivity index (χ0) is 18.2. The molecular formula is C20H24N4O2S. The van der Waals surface area contributed by atoms with E-state index in [9.17, 15) is 4.79 Å². The van der Waals surface area contributed by atoms with Crippen LogP contribution in [0.4, 0.5) is 0 Å². The highest BCUT2D eigenvalue weighted by Gasteiger charge is 2.38. The molecule has 2 saturated carbocycles. The Labute approximate surface area is 163 Å². The molecule has 142 valence electrons. The monoisotopic (exact) mass is 384 g/mol. The second kappa shape index (κ2) is 7.28. The Morgan fingerprint density at radius 1 is 1.07 bits per heavy atom. The molecule has 7 heteroatoms. The maximum Gasteiger partial charge on any atom is 0.240 e. The van der Waals surface area contributed by atoms with Gasteiger partial charge in [0.25, 0.3) is 0 Å². The van der Waals surface area contributed by atoms with Crippen LogP contribution in [0.5, 0.6) is 0 Å². The number of aromatic nitrogens is 3. The molecule has 1 aromatic heterocycles. The van der Waals surface area contributed by atoms with E-state index in [1.165, 1.54) is 25.7 Å². The van der Waals surface area contributed by atoms with Crippen molar-refractivity contribution in [2.75, 3.05) is 26.3 Å². The first-order valence-electron chi connectivity index (χ1n) is 9.84. The summed E-state index contributed by atoms with van der Waals surface area (Å²) in [6, 6.07) is 10.6. The standard InChI is InChI=1S/C20H24N4O2S/c25-19(23-10-12-26-13-11-23)17(14-4-2-1-3-5-14)27-20-22-21-18(15-6-7-15)24(20)16-8-9-16/h1-5,15-17H,6-13H2. The smallest absolute Gasteiger partial charge is 0.240 e. The van der Waals surface area contributed by atoms with Crippen LogP contribution in [0.1, 0.15) is 54.3 Å². The van der Waals surface area contributed by atoms with Gasteiger partial charge in [0.1, 0.15) is 11.1 Å². The van der Waals surface area contributed by atoms with E-state index in [0.717, 1.165) is 16.5 Å². The van der Waals surface area contributed by atoms with E-state index < -0.39 is 0 Å². The molecule has 1 aliphatic heterocycles. The number of nitrogens with zero attached hydrogens (tertiary/aromatic N) is 4. The van der Waals surface area contributed by atoms with Gasteiger partial charge in [-0.05, 0) is 31.2 Å². The van der Waals surface area contributed by atoms with Gasteiger partial charge in [-0.3, -0.25) is 4.79 Å². The average Bonchev–Trinajstić information content (AvgIpc) is 3.66. The number of hydrogen-bond donors (Lipinski definition) is 0. The third-order valence-corrected chi connectivity index (χ3v) is 6.62. The fourth-order valence-electron chi connectivity index (χ4n) is 3.61. The summed E-state index contributed by atoms with van der Waals surface area (Å²) in [6.07, 6.45) is 4.81. The summed E-state index contributed by atoms with van der Waals surface area (Å²) >= 11 is 1.56. The lowest BCUT2D eigenvalue weighted by atomic mass is 10.1. The quantitative estimate of drug-likeness (QED) is 0.716. The topological polar surface area (TPSA) is 60.2 Å². The third kappa shape index (κ3) is 3.62. The van der Waals surface area contributed by atoms with Gasteiger partial charge in [-0.15, -0.1) is 10.2 Å². The van der Waals surface area contributed by atoms with Crippen LogP contribution >= 0.6 is 11.8 Å². The molecule has 3 fully saturated rings. The van der Waals surface area contributed by atoms with Gasteiger partial charge in [0.15, 0.2) is 5.16 Å². The fraction of sp³-hybridized carbons (Fsp3) is 0.550. The zero-order valence-corrected chi connectivity index (χ0v) is 16.1. The van der Waals surface area contributed by atoms with Crippen molar-refractivity contribution in [1.82, 2.24) is 19.7 Å². The van der Waals surface area contributed by atoms with Gasteiger partial charge >= 0.3 is 0 Å². The Morgan fingerprint density at radius 2 is 1.81 bits per heavy atom. The SMILES string of the molecule is O=C(C(Sc1nnc(C2CC2)n1C1CC1)c1ccccc1)N1CCOCC1. The van der Waals surface area contributed by atoms with Crippen LogP contribution < -0.4 is 0 Å². The molecule has 1 aromatic carbocycles. The number of carbonyl (C=O) groups is 1. The Hall–Kier alpha value is -1.86. The minimum absolute atomic E-state index is 0.146. The number of carbonyl (C=O) groups excluding carboxylic acids is 1. The van der Waals surface area contributed by atoms with E-state index in [1.807, 2.05) is 35.2 Å². The number of thioether (sulfide) groups is 1. The number of amides is 1. The molecule has 5 rings (SSSR count). The van der Waals surface area contributed by atoms with Gasteiger partial charge in [0.2, 0.25) is 5.91 Å². The molecule has 2 aromatic rings. The first-order valence-corrected chi connectivity index (χ1v) is 10.7. The molecule has 0 bridgehead atoms. The summed E-state index contributed by atoms with van der Waals surface area (Å²) in [7, 11) is 0. The normalized spacial score (nSPS) is 21.3. The van der Waals surface area contributed by atoms with Crippen LogP contribution in [0.25, 0.3) is 0 Å². The van der Waals surface area contributed by atoms with Crippen molar-refractivity contribution < 1.29 is 9.53 Å². The largest absolute Gasteiger partial charge is 0.378 e. The number of ether oxygens (including phenoxy) is 1. The van der Waals surface area contributed by atoms with Gasteiger partial charge < -0.3 is 14.2 Å². The lowest BCUT2D eigenvalue weighted by Crippen LogP contribution is -2.42. The lowest BCUT2D eigenvalue weighted by Gasteiger charge is -2.30. The summed E-state index contributed by atoms with van der Waals surface area (Å²) in [4.78, 5) is 15.3. The van der Waals surface area contributed by atoms with Crippen molar-refractivity contribution in [2.45, 2.75) is 48.0 Å². The van der Waals surface area contributed by atoms with Gasteiger partial charge in [0, 0.05) is 25.0 Å². The van der Waals surface area contributed by atoms with Crippen LogP contribution in [0.2, 0.25) is 0 Å². The molecule has 6 nitrogen and oxygen atoms in total. The van der Waals surface area contributed by atoms with E-state index in [4.69, 9.17) is 4.74 Å². The molecule has 3 aliphatic rings. The molecule has 1 atom stereocenters. The minimum Gasteiger partial charge on any atom is -0.378 e. The van der Waals surface area contributed by atoms with Crippen LogP contribution in [0.3, 0.4) is 0 Å². The Morgan fingerprint density at radius 3 is 2.48 bits per heavy atom. The molecular weight excluding hydrogens is 360 g/mol. The molecule has 0 radical (unpaired) electrons. The van der Waals surface area contributed by atoms with Gasteiger partial charge in [0.05, 0.1) is 13.2 Å². The van der Waals surface area contributed by atoms with Crippen LogP contribution in [-0.2, 0) is 9.53 Å². The fourth-order valence-corrected chi connectivity index (χ4v) is 4.81. The van der Waals surface area contributed by atoms with E-state index in [2.05, 4.69) is 14.8 Å². The summed E-state index contributed by atoms with van der Waals surface area (Å²) < 4.78 is 7.75. The third-order valence-electron chi connectivity index (χ3n) is 5.42. The first kappa shape index (κ1) is 17.3. The molecule has 0 N–H and O–H groups in total. The van der Waals surface area contributed by atoms with Crippen molar-refractivity contribution in [3.63, 3.8) is 0 Å². The molecule has 2 heterocycles. The highest BCUT2D eigenvalue weighted by molar-refractivity contribution is 8.00. The van der Waals surface area contributed by atoms with Crippen molar-refractivity contribution in [3.05, 3.63) is 41.7 Å². The predicted octanol–water partition coefficient (Wildman–Crippen LogP) is 3.18. The Balaban J connectivity index is 1.45. The summed E-state index contributed by atoms with van der Waals surface area (Å²) in [5.74, 6) is 1.84. The predicted molar refractivity (Wildman–Crippen MR) is 103 cm³/mol. The van der Waals surface area contributed by atoms with E-state index in [1.54, 1.807) is 11.8 Å². The molecule has 27 heavy (non-hydrogen) atoms. The van der Waals surface area contributed by atoms with E-state index in [-0.39, 0.29) is 11.2 Å². The molecule has 0 spiro atoms. The highest BCUT2D eigenvalue weighted by Crippen LogP contribution is 2.47. The Bertz CT molecular complexity index is 811. The first-order chi connectivity index (χ1) is 13.3. The zero-order valence-electron chi connectivity index (χ0n) is 15.3. The summed E-state index contributed by atoms with van der Waals surface area (Å²) in [5.41, 5.74) is 1.03. The molecule has 1 amide bonds. The van der Waals surface area contributed by atoms with E-state index in [0.29, 0.717) is 38.3 Å². The van der Waals surface area contributed by atoms with Crippen LogP contribution in [-0.4, -0.2) is 51.9 Å². The van der Waals surface area contributed by atoms with Gasteiger partial charge in [-0.25, -0.2) is 0 Å². The van der Waals surface area contributed by atoms with Crippen molar-refractivity contribution in [2.24, 2.45) is 0 Å². The average molecular weight is 385 g/mol. The molecule has 1 saturated heterocycles. The maximum absolute atomic E-state index is 13.3. The number of rotatable bonds is 6. The van der Waals surface area contributed by atoms with Crippen molar-refractivity contribution in [1.29, 1.82) is 0 Å². The lowest BCUT2D eigenvalue weighted by molar-refractivity contribution is -0.134. The number of hydrogen-bond acceptors (Lipinski definition) is 5. The van der Waals surface area contributed by atoms with Crippen LogP contribution in [0.15, 0.2) is 35.5 Å². The van der Waals surface area contributed by atoms with E-state index >= 15 is 0 Å².